The zero-order valence-corrected chi connectivity index (χ0v) is 13.3. The minimum atomic E-state index is -0.715. The van der Waals surface area contributed by atoms with Crippen LogP contribution in [0.25, 0.3) is 11.0 Å². The van der Waals surface area contributed by atoms with E-state index >= 15 is 0 Å². The van der Waals surface area contributed by atoms with E-state index in [0.717, 1.165) is 6.07 Å². The molecule has 1 aromatic heterocycles. The molecule has 0 bridgehead atoms. The van der Waals surface area contributed by atoms with E-state index in [-0.39, 0.29) is 17.1 Å². The van der Waals surface area contributed by atoms with Gasteiger partial charge in [0, 0.05) is 19.2 Å². The molecule has 1 atom stereocenters. The standard InChI is InChI=1S/C17H18N2O5/c1-11(17(22)19-6-8-23-9-7-19)18-16(21)15-10-13(20)12-4-2-3-5-14(12)24-15/h2-5,10-11H,6-9H2,1H3,(H,18,21)/t11-/m1/s1. The van der Waals surface area contributed by atoms with Crippen molar-refractivity contribution in [2.24, 2.45) is 0 Å². The first-order chi connectivity index (χ1) is 11.6. The van der Waals surface area contributed by atoms with Gasteiger partial charge in [0.25, 0.3) is 5.91 Å². The van der Waals surface area contributed by atoms with Gasteiger partial charge in [-0.05, 0) is 19.1 Å². The lowest BCUT2D eigenvalue weighted by Gasteiger charge is -2.29. The van der Waals surface area contributed by atoms with Crippen LogP contribution in [0.15, 0.2) is 39.5 Å². The Bertz CT molecular complexity index is 823. The number of hydrogen-bond donors (Lipinski definition) is 1. The van der Waals surface area contributed by atoms with Gasteiger partial charge < -0.3 is 19.4 Å². The van der Waals surface area contributed by atoms with E-state index in [1.807, 2.05) is 0 Å². The first-order valence-corrected chi connectivity index (χ1v) is 7.76. The number of amides is 2. The van der Waals surface area contributed by atoms with Gasteiger partial charge >= 0.3 is 0 Å². The van der Waals surface area contributed by atoms with Crippen LogP contribution in [0.2, 0.25) is 0 Å². The van der Waals surface area contributed by atoms with Gasteiger partial charge in [-0.15, -0.1) is 0 Å². The molecule has 1 aromatic carbocycles. The SMILES string of the molecule is C[C@@H](NC(=O)c1cc(=O)c2ccccc2o1)C(=O)N1CCOCC1. The number of carbonyl (C=O) groups excluding carboxylic acids is 2. The van der Waals surface area contributed by atoms with Crippen LogP contribution in [0.4, 0.5) is 0 Å². The molecule has 0 unspecified atom stereocenters. The third-order valence-electron chi connectivity index (χ3n) is 3.90. The van der Waals surface area contributed by atoms with Crippen LogP contribution < -0.4 is 10.7 Å². The van der Waals surface area contributed by atoms with E-state index in [1.165, 1.54) is 0 Å². The molecule has 0 aliphatic carbocycles. The zero-order valence-electron chi connectivity index (χ0n) is 13.3. The summed E-state index contributed by atoms with van der Waals surface area (Å²) < 4.78 is 10.7. The molecule has 1 N–H and O–H groups in total. The molecule has 126 valence electrons. The first-order valence-electron chi connectivity index (χ1n) is 7.76. The number of hydrogen-bond acceptors (Lipinski definition) is 5. The summed E-state index contributed by atoms with van der Waals surface area (Å²) in [6.45, 7) is 3.60. The maximum Gasteiger partial charge on any atom is 0.287 e. The van der Waals surface area contributed by atoms with E-state index in [0.29, 0.717) is 37.3 Å². The van der Waals surface area contributed by atoms with Crippen molar-refractivity contribution in [2.75, 3.05) is 26.3 Å². The molecule has 0 radical (unpaired) electrons. The summed E-state index contributed by atoms with van der Waals surface area (Å²) >= 11 is 0. The molecule has 24 heavy (non-hydrogen) atoms. The number of rotatable bonds is 3. The molecule has 1 aliphatic heterocycles. The Morgan fingerprint density at radius 1 is 1.21 bits per heavy atom. The maximum atomic E-state index is 12.3. The molecule has 2 amide bonds. The third kappa shape index (κ3) is 3.30. The van der Waals surface area contributed by atoms with Crippen LogP contribution in [-0.4, -0.2) is 49.1 Å². The van der Waals surface area contributed by atoms with Crippen molar-refractivity contribution in [3.05, 3.63) is 46.3 Å². The molecule has 2 heterocycles. The van der Waals surface area contributed by atoms with Crippen molar-refractivity contribution in [3.63, 3.8) is 0 Å². The number of fused-ring (bicyclic) bond motifs is 1. The van der Waals surface area contributed by atoms with Gasteiger partial charge in [0.05, 0.1) is 18.6 Å². The van der Waals surface area contributed by atoms with Crippen LogP contribution in [0.1, 0.15) is 17.5 Å². The minimum absolute atomic E-state index is 0.111. The molecule has 3 rings (SSSR count). The summed E-state index contributed by atoms with van der Waals surface area (Å²) in [6, 6.07) is 7.12. The Kier molecular flexibility index (Phi) is 4.61. The lowest BCUT2D eigenvalue weighted by molar-refractivity contribution is -0.136. The van der Waals surface area contributed by atoms with Crippen LogP contribution in [-0.2, 0) is 9.53 Å². The fourth-order valence-corrected chi connectivity index (χ4v) is 2.60. The highest BCUT2D eigenvalue weighted by atomic mass is 16.5. The lowest BCUT2D eigenvalue weighted by Crippen LogP contribution is -2.50. The minimum Gasteiger partial charge on any atom is -0.451 e. The summed E-state index contributed by atoms with van der Waals surface area (Å²) in [5.41, 5.74) is 0.0384. The van der Waals surface area contributed by atoms with Crippen molar-refractivity contribution in [3.8, 4) is 0 Å². The number of benzene rings is 1. The summed E-state index contributed by atoms with van der Waals surface area (Å²) in [5.74, 6) is -0.887. The average Bonchev–Trinajstić information content (AvgIpc) is 2.61. The molecule has 0 spiro atoms. The Hall–Kier alpha value is -2.67. The monoisotopic (exact) mass is 330 g/mol. The predicted octanol–water partition coefficient (Wildman–Crippen LogP) is 0.770. The fraction of sp³-hybridized carbons (Fsp3) is 0.353. The highest BCUT2D eigenvalue weighted by molar-refractivity contribution is 5.96. The molecular weight excluding hydrogens is 312 g/mol. The van der Waals surface area contributed by atoms with Gasteiger partial charge in [-0.3, -0.25) is 14.4 Å². The van der Waals surface area contributed by atoms with Crippen molar-refractivity contribution in [2.45, 2.75) is 13.0 Å². The second-order valence-electron chi connectivity index (χ2n) is 5.60. The smallest absolute Gasteiger partial charge is 0.287 e. The van der Waals surface area contributed by atoms with Crippen molar-refractivity contribution in [1.82, 2.24) is 10.2 Å². The highest BCUT2D eigenvalue weighted by Crippen LogP contribution is 2.12. The third-order valence-corrected chi connectivity index (χ3v) is 3.90. The number of morpholine rings is 1. The molecule has 7 nitrogen and oxygen atoms in total. The molecular formula is C17H18N2O5. The molecule has 1 saturated heterocycles. The van der Waals surface area contributed by atoms with E-state index in [2.05, 4.69) is 5.32 Å². The number of carbonyl (C=O) groups is 2. The Balaban J connectivity index is 1.74. The summed E-state index contributed by atoms with van der Waals surface area (Å²) in [7, 11) is 0. The van der Waals surface area contributed by atoms with Crippen LogP contribution >= 0.6 is 0 Å². The topological polar surface area (TPSA) is 88.8 Å². The summed E-state index contributed by atoms with van der Waals surface area (Å²) in [4.78, 5) is 38.3. The summed E-state index contributed by atoms with van der Waals surface area (Å²) in [5, 5.41) is 2.99. The van der Waals surface area contributed by atoms with Crippen molar-refractivity contribution >= 4 is 22.8 Å². The number of nitrogens with one attached hydrogen (secondary N) is 1. The molecule has 7 heteroatoms. The van der Waals surface area contributed by atoms with Gasteiger partial charge in [-0.2, -0.15) is 0 Å². The predicted molar refractivity (Wildman–Crippen MR) is 86.8 cm³/mol. The van der Waals surface area contributed by atoms with E-state index < -0.39 is 11.9 Å². The normalized spacial score (nSPS) is 16.0. The van der Waals surface area contributed by atoms with E-state index in [9.17, 15) is 14.4 Å². The Labute approximate surface area is 138 Å². The van der Waals surface area contributed by atoms with E-state index in [1.54, 1.807) is 36.1 Å². The van der Waals surface area contributed by atoms with Gasteiger partial charge in [-0.1, -0.05) is 12.1 Å². The van der Waals surface area contributed by atoms with E-state index in [4.69, 9.17) is 9.15 Å². The molecule has 2 aromatic rings. The lowest BCUT2D eigenvalue weighted by atomic mass is 10.2. The summed E-state index contributed by atoms with van der Waals surface area (Å²) in [6.07, 6.45) is 0. The number of ether oxygens (including phenoxy) is 1. The van der Waals surface area contributed by atoms with Crippen LogP contribution in [0.3, 0.4) is 0 Å². The number of para-hydroxylation sites is 1. The highest BCUT2D eigenvalue weighted by Gasteiger charge is 2.25. The fourth-order valence-electron chi connectivity index (χ4n) is 2.60. The van der Waals surface area contributed by atoms with Gasteiger partial charge in [0.15, 0.2) is 11.2 Å². The molecule has 1 aliphatic rings. The second kappa shape index (κ2) is 6.84. The largest absolute Gasteiger partial charge is 0.451 e. The van der Waals surface area contributed by atoms with Gasteiger partial charge in [0.2, 0.25) is 5.91 Å². The second-order valence-corrected chi connectivity index (χ2v) is 5.60. The molecule has 0 saturated carbocycles. The van der Waals surface area contributed by atoms with Crippen molar-refractivity contribution < 1.29 is 18.7 Å². The van der Waals surface area contributed by atoms with Gasteiger partial charge in [-0.25, -0.2) is 0 Å². The Morgan fingerprint density at radius 2 is 1.92 bits per heavy atom. The molecule has 1 fully saturated rings. The van der Waals surface area contributed by atoms with Crippen molar-refractivity contribution in [1.29, 1.82) is 0 Å². The maximum absolute atomic E-state index is 12.3. The van der Waals surface area contributed by atoms with Gasteiger partial charge in [0.1, 0.15) is 11.6 Å². The quantitative estimate of drug-likeness (QED) is 0.898. The first kappa shape index (κ1) is 16.2. The average molecular weight is 330 g/mol. The number of nitrogens with zero attached hydrogens (tertiary/aromatic N) is 1. The Morgan fingerprint density at radius 3 is 2.67 bits per heavy atom. The van der Waals surface area contributed by atoms with Crippen LogP contribution in [0, 0.1) is 0 Å². The van der Waals surface area contributed by atoms with Crippen LogP contribution in [0.5, 0.6) is 0 Å². The zero-order chi connectivity index (χ0) is 17.1.